The molecule has 1 aliphatic heterocycles. The third-order valence-electron chi connectivity index (χ3n) is 6.87. The summed E-state index contributed by atoms with van der Waals surface area (Å²) in [7, 11) is 0. The number of aryl methyl sites for hydroxylation is 2. The van der Waals surface area contributed by atoms with E-state index in [1.807, 2.05) is 0 Å². The van der Waals surface area contributed by atoms with E-state index in [2.05, 4.69) is 46.4 Å². The van der Waals surface area contributed by atoms with Crippen LogP contribution in [0.15, 0.2) is 17.7 Å². The lowest BCUT2D eigenvalue weighted by Crippen LogP contribution is -2.48. The van der Waals surface area contributed by atoms with Gasteiger partial charge in [0.05, 0.1) is 11.4 Å². The molecule has 1 aromatic rings. The van der Waals surface area contributed by atoms with E-state index in [-0.39, 0.29) is 5.91 Å². The average Bonchev–Trinajstić information content (AvgIpc) is 2.89. The monoisotopic (exact) mass is 356 g/mol. The number of nitrogens with zero attached hydrogens (tertiary/aromatic N) is 2. The number of hydrogen-bond donors (Lipinski definition) is 2. The minimum atomic E-state index is 0.147. The minimum Gasteiger partial charge on any atom is -0.356 e. The van der Waals surface area contributed by atoms with Gasteiger partial charge in [-0.3, -0.25) is 9.48 Å². The number of carbonyl (C=O) groups is 1. The Morgan fingerprint density at radius 3 is 3.12 bits per heavy atom. The number of fused-ring (bicyclic) bond motifs is 2. The lowest BCUT2D eigenvalue weighted by Gasteiger charge is -2.56. The van der Waals surface area contributed by atoms with Gasteiger partial charge in [-0.25, -0.2) is 0 Å². The summed E-state index contributed by atoms with van der Waals surface area (Å²) in [5, 5.41) is 11.2. The van der Waals surface area contributed by atoms with Gasteiger partial charge in [-0.1, -0.05) is 25.5 Å². The van der Waals surface area contributed by atoms with Crippen LogP contribution in [-0.2, 0) is 24.3 Å². The Hall–Kier alpha value is -1.62. The standard InChI is InChI=1S/C21H32N4O/c1-21(2)16-5-4-15(19(21)12-16)8-10-23-20(26)7-6-17-13-18-14-22-9-3-11-25(18)24-17/h4,13,16,19,22H,3,5-12,14H2,1-2H3,(H,23,26)/t16-,19-/m0/s1. The summed E-state index contributed by atoms with van der Waals surface area (Å²) in [6, 6.07) is 2.15. The minimum absolute atomic E-state index is 0.147. The molecule has 0 radical (unpaired) electrons. The van der Waals surface area contributed by atoms with Gasteiger partial charge in [0.1, 0.15) is 0 Å². The molecular formula is C21H32N4O. The van der Waals surface area contributed by atoms with Crippen LogP contribution in [0.1, 0.15) is 57.3 Å². The molecule has 0 spiro atoms. The Labute approximate surface area is 156 Å². The summed E-state index contributed by atoms with van der Waals surface area (Å²) in [6.45, 7) is 8.48. The van der Waals surface area contributed by atoms with Crippen LogP contribution < -0.4 is 10.6 Å². The van der Waals surface area contributed by atoms with Crippen LogP contribution in [0, 0.1) is 17.3 Å². The maximum atomic E-state index is 12.2. The quantitative estimate of drug-likeness (QED) is 0.771. The first-order valence-electron chi connectivity index (χ1n) is 10.3. The van der Waals surface area contributed by atoms with Crippen LogP contribution in [0.25, 0.3) is 0 Å². The Balaban J connectivity index is 1.20. The van der Waals surface area contributed by atoms with Crippen LogP contribution in [-0.4, -0.2) is 28.8 Å². The Morgan fingerprint density at radius 2 is 2.31 bits per heavy atom. The molecule has 1 aromatic heterocycles. The van der Waals surface area contributed by atoms with Crippen molar-refractivity contribution in [3.8, 4) is 0 Å². The van der Waals surface area contributed by atoms with Crippen LogP contribution in [0.5, 0.6) is 0 Å². The molecular weight excluding hydrogens is 324 g/mol. The molecule has 2 N–H and O–H groups in total. The summed E-state index contributed by atoms with van der Waals surface area (Å²) in [6.07, 6.45) is 8.40. The molecule has 5 rings (SSSR count). The lowest BCUT2D eigenvalue weighted by molar-refractivity contribution is -0.121. The largest absolute Gasteiger partial charge is 0.356 e. The molecule has 0 saturated heterocycles. The van der Waals surface area contributed by atoms with E-state index in [0.29, 0.717) is 11.8 Å². The molecule has 2 heterocycles. The fourth-order valence-corrected chi connectivity index (χ4v) is 4.98. The van der Waals surface area contributed by atoms with E-state index in [1.54, 1.807) is 5.57 Å². The summed E-state index contributed by atoms with van der Waals surface area (Å²) in [4.78, 5) is 12.2. The number of carbonyl (C=O) groups excluding carboxylic acids is 1. The van der Waals surface area contributed by atoms with Gasteiger partial charge >= 0.3 is 0 Å². The highest BCUT2D eigenvalue weighted by atomic mass is 16.1. The zero-order valence-corrected chi connectivity index (χ0v) is 16.2. The summed E-state index contributed by atoms with van der Waals surface area (Å²) in [5.74, 6) is 1.77. The van der Waals surface area contributed by atoms with Crippen molar-refractivity contribution in [3.63, 3.8) is 0 Å². The molecule has 0 aromatic carbocycles. The van der Waals surface area contributed by atoms with Gasteiger partial charge in [0.15, 0.2) is 0 Å². The summed E-state index contributed by atoms with van der Waals surface area (Å²) >= 11 is 0. The molecule has 5 nitrogen and oxygen atoms in total. The van der Waals surface area contributed by atoms with Crippen LogP contribution in [0.3, 0.4) is 0 Å². The average molecular weight is 357 g/mol. The maximum absolute atomic E-state index is 12.2. The molecule has 1 amide bonds. The van der Waals surface area contributed by atoms with Gasteiger partial charge in [0.25, 0.3) is 0 Å². The number of nitrogens with one attached hydrogen (secondary N) is 2. The van der Waals surface area contributed by atoms with E-state index in [0.717, 1.165) is 63.0 Å². The van der Waals surface area contributed by atoms with E-state index < -0.39 is 0 Å². The third kappa shape index (κ3) is 3.46. The van der Waals surface area contributed by atoms with Crippen molar-refractivity contribution in [2.45, 2.75) is 65.5 Å². The molecule has 5 heteroatoms. The van der Waals surface area contributed by atoms with Gasteiger partial charge in [-0.15, -0.1) is 0 Å². The first-order valence-corrected chi connectivity index (χ1v) is 10.3. The van der Waals surface area contributed by atoms with Gasteiger partial charge in [0.2, 0.25) is 5.91 Å². The van der Waals surface area contributed by atoms with Crippen molar-refractivity contribution in [1.82, 2.24) is 20.4 Å². The Bertz CT molecular complexity index is 679. The molecule has 1 fully saturated rings. The van der Waals surface area contributed by atoms with Crippen molar-refractivity contribution < 1.29 is 4.79 Å². The molecule has 4 aliphatic rings. The molecule has 0 unspecified atom stereocenters. The second kappa shape index (κ2) is 7.18. The number of rotatable bonds is 6. The van der Waals surface area contributed by atoms with Gasteiger partial charge < -0.3 is 10.6 Å². The molecule has 2 bridgehead atoms. The molecule has 1 saturated carbocycles. The lowest BCUT2D eigenvalue weighted by atomic mass is 9.48. The molecule has 26 heavy (non-hydrogen) atoms. The summed E-state index contributed by atoms with van der Waals surface area (Å²) < 4.78 is 2.09. The molecule has 142 valence electrons. The highest BCUT2D eigenvalue weighted by molar-refractivity contribution is 5.76. The molecule has 3 aliphatic carbocycles. The predicted molar refractivity (Wildman–Crippen MR) is 103 cm³/mol. The Morgan fingerprint density at radius 1 is 1.42 bits per heavy atom. The Kier molecular flexibility index (Phi) is 4.91. The van der Waals surface area contributed by atoms with Gasteiger partial charge in [-0.2, -0.15) is 5.10 Å². The van der Waals surface area contributed by atoms with Gasteiger partial charge in [-0.05, 0) is 55.5 Å². The summed E-state index contributed by atoms with van der Waals surface area (Å²) in [5.41, 5.74) is 4.32. The number of allylic oxidation sites excluding steroid dienone is 1. The van der Waals surface area contributed by atoms with Crippen molar-refractivity contribution in [2.24, 2.45) is 17.3 Å². The van der Waals surface area contributed by atoms with Gasteiger partial charge in [0, 0.05) is 32.5 Å². The van der Waals surface area contributed by atoms with Crippen molar-refractivity contribution >= 4 is 5.91 Å². The highest BCUT2D eigenvalue weighted by Gasteiger charge is 2.50. The first-order chi connectivity index (χ1) is 12.5. The smallest absolute Gasteiger partial charge is 0.220 e. The van der Waals surface area contributed by atoms with Crippen molar-refractivity contribution in [2.75, 3.05) is 13.1 Å². The zero-order chi connectivity index (χ0) is 18.1. The van der Waals surface area contributed by atoms with Crippen LogP contribution >= 0.6 is 0 Å². The van der Waals surface area contributed by atoms with Crippen molar-refractivity contribution in [3.05, 3.63) is 29.1 Å². The van der Waals surface area contributed by atoms with Crippen LogP contribution in [0.4, 0.5) is 0 Å². The predicted octanol–water partition coefficient (Wildman–Crippen LogP) is 2.81. The van der Waals surface area contributed by atoms with Crippen molar-refractivity contribution in [1.29, 1.82) is 0 Å². The van der Waals surface area contributed by atoms with E-state index in [9.17, 15) is 4.79 Å². The van der Waals surface area contributed by atoms with Crippen LogP contribution in [0.2, 0.25) is 0 Å². The zero-order valence-electron chi connectivity index (χ0n) is 16.2. The number of aromatic nitrogens is 2. The topological polar surface area (TPSA) is 59.0 Å². The highest BCUT2D eigenvalue weighted by Crippen LogP contribution is 2.59. The normalized spacial score (nSPS) is 26.3. The maximum Gasteiger partial charge on any atom is 0.220 e. The van der Waals surface area contributed by atoms with E-state index in [1.165, 1.54) is 18.5 Å². The SMILES string of the molecule is CC1(C)[C@H]2CC=C(CCNC(=O)CCc3cc4n(n3)CCCNC4)[C@@H]1C2. The number of amides is 1. The van der Waals surface area contributed by atoms with E-state index in [4.69, 9.17) is 0 Å². The fourth-order valence-electron chi connectivity index (χ4n) is 4.98. The third-order valence-corrected chi connectivity index (χ3v) is 6.87. The second-order valence-corrected chi connectivity index (χ2v) is 8.80. The fraction of sp³-hybridized carbons (Fsp3) is 0.714. The number of hydrogen-bond acceptors (Lipinski definition) is 3. The first kappa shape index (κ1) is 17.8. The molecule has 2 atom stereocenters. The van der Waals surface area contributed by atoms with E-state index >= 15 is 0 Å². The second-order valence-electron chi connectivity index (χ2n) is 8.80.